The van der Waals surface area contributed by atoms with E-state index in [1.165, 1.54) is 0 Å². The van der Waals surface area contributed by atoms with Gasteiger partial charge in [0.1, 0.15) is 0 Å². The average molecular weight is 308 g/mol. The monoisotopic (exact) mass is 307 g/mol. The second kappa shape index (κ2) is 5.66. The van der Waals surface area contributed by atoms with Crippen molar-refractivity contribution in [2.45, 2.75) is 13.2 Å². The van der Waals surface area contributed by atoms with Crippen molar-refractivity contribution < 1.29 is 9.68 Å². The Kier molecular flexibility index (Phi) is 3.90. The summed E-state index contributed by atoms with van der Waals surface area (Å²) in [6.45, 7) is 1.09. The van der Waals surface area contributed by atoms with Gasteiger partial charge in [0.15, 0.2) is 0 Å². The lowest BCUT2D eigenvalue weighted by atomic mass is 9.79. The van der Waals surface area contributed by atoms with Crippen molar-refractivity contribution in [3.05, 3.63) is 57.6 Å². The Labute approximate surface area is 127 Å². The van der Waals surface area contributed by atoms with Gasteiger partial charge in [0.05, 0.1) is 16.7 Å². The zero-order valence-corrected chi connectivity index (χ0v) is 12.1. The van der Waals surface area contributed by atoms with Gasteiger partial charge in [-0.2, -0.15) is 0 Å². The molecule has 0 saturated heterocycles. The average Bonchev–Trinajstić information content (AvgIpc) is 2.81. The van der Waals surface area contributed by atoms with E-state index in [4.69, 9.17) is 27.9 Å². The molecule has 0 saturated carbocycles. The van der Waals surface area contributed by atoms with E-state index in [1.54, 1.807) is 6.07 Å². The molecule has 20 heavy (non-hydrogen) atoms. The number of benzene rings is 2. The Bertz CT molecular complexity index is 651. The van der Waals surface area contributed by atoms with Crippen LogP contribution in [0.4, 0.5) is 5.69 Å². The highest BCUT2D eigenvalue weighted by Crippen LogP contribution is 2.23. The van der Waals surface area contributed by atoms with Crippen LogP contribution in [0.3, 0.4) is 0 Å². The fraction of sp³-hybridized carbons (Fsp3) is 0.143. The molecule has 3 nitrogen and oxygen atoms in total. The molecule has 1 heterocycles. The highest BCUT2D eigenvalue weighted by Gasteiger charge is 2.27. The van der Waals surface area contributed by atoms with Crippen LogP contribution in [0.25, 0.3) is 0 Å². The van der Waals surface area contributed by atoms with Crippen molar-refractivity contribution in [2.75, 3.05) is 5.32 Å². The Morgan fingerprint density at radius 2 is 2.00 bits per heavy atom. The lowest BCUT2D eigenvalue weighted by molar-refractivity contribution is 0.275. The second-order valence-corrected chi connectivity index (χ2v) is 5.49. The molecule has 0 spiro atoms. The lowest BCUT2D eigenvalue weighted by Gasteiger charge is -2.09. The van der Waals surface area contributed by atoms with Gasteiger partial charge in [0.2, 0.25) is 0 Å². The van der Waals surface area contributed by atoms with Crippen LogP contribution >= 0.6 is 23.2 Å². The number of rotatable bonds is 3. The normalized spacial score (nSPS) is 13.4. The van der Waals surface area contributed by atoms with Crippen molar-refractivity contribution in [3.63, 3.8) is 0 Å². The number of hydrogen-bond donors (Lipinski definition) is 2. The van der Waals surface area contributed by atoms with Crippen molar-refractivity contribution in [1.82, 2.24) is 0 Å². The van der Waals surface area contributed by atoms with E-state index in [0.29, 0.717) is 23.2 Å². The molecule has 2 aromatic rings. The maximum Gasteiger partial charge on any atom is 0.491 e. The first-order valence-corrected chi connectivity index (χ1v) is 6.99. The minimum Gasteiger partial charge on any atom is -0.423 e. The lowest BCUT2D eigenvalue weighted by Crippen LogP contribution is -2.28. The highest BCUT2D eigenvalue weighted by molar-refractivity contribution is 6.61. The molecule has 0 fully saturated rings. The summed E-state index contributed by atoms with van der Waals surface area (Å²) >= 11 is 11.9. The summed E-state index contributed by atoms with van der Waals surface area (Å²) in [6.07, 6.45) is 0. The molecule has 0 bridgehead atoms. The Morgan fingerprint density at radius 3 is 2.80 bits per heavy atom. The Hall–Kier alpha value is -1.20. The van der Waals surface area contributed by atoms with Gasteiger partial charge in [-0.1, -0.05) is 35.3 Å². The van der Waals surface area contributed by atoms with E-state index in [9.17, 15) is 5.02 Å². The van der Waals surface area contributed by atoms with Crippen molar-refractivity contribution in [2.24, 2.45) is 0 Å². The number of fused-ring (bicyclic) bond motifs is 1. The van der Waals surface area contributed by atoms with Gasteiger partial charge < -0.3 is 15.0 Å². The van der Waals surface area contributed by atoms with Crippen LogP contribution in [0.2, 0.25) is 10.0 Å². The van der Waals surface area contributed by atoms with Gasteiger partial charge >= 0.3 is 7.12 Å². The third-order valence-corrected chi connectivity index (χ3v) is 4.03. The summed E-state index contributed by atoms with van der Waals surface area (Å²) in [7, 11) is -0.822. The van der Waals surface area contributed by atoms with Crippen LogP contribution in [0.1, 0.15) is 11.1 Å². The second-order valence-electron chi connectivity index (χ2n) is 4.68. The third-order valence-electron chi connectivity index (χ3n) is 3.29. The zero-order chi connectivity index (χ0) is 14.1. The van der Waals surface area contributed by atoms with Gasteiger partial charge in [-0.15, -0.1) is 0 Å². The molecular weight excluding hydrogens is 296 g/mol. The van der Waals surface area contributed by atoms with Crippen LogP contribution in [-0.2, 0) is 17.8 Å². The van der Waals surface area contributed by atoms with E-state index in [2.05, 4.69) is 5.32 Å². The van der Waals surface area contributed by atoms with Crippen LogP contribution in [-0.4, -0.2) is 12.1 Å². The molecule has 2 N–H and O–H groups in total. The number of hydrogen-bond acceptors (Lipinski definition) is 3. The maximum atomic E-state index is 9.68. The molecule has 0 atom stereocenters. The molecule has 0 aromatic heterocycles. The van der Waals surface area contributed by atoms with Crippen LogP contribution in [0.5, 0.6) is 0 Å². The van der Waals surface area contributed by atoms with Crippen LogP contribution in [0.15, 0.2) is 36.4 Å². The first kappa shape index (κ1) is 13.8. The number of nitrogens with one attached hydrogen (secondary N) is 1. The fourth-order valence-corrected chi connectivity index (χ4v) is 2.50. The van der Waals surface area contributed by atoms with Crippen LogP contribution < -0.4 is 10.8 Å². The first-order chi connectivity index (χ1) is 9.63. The largest absolute Gasteiger partial charge is 0.491 e. The van der Waals surface area contributed by atoms with Crippen molar-refractivity contribution >= 4 is 41.5 Å². The quantitative estimate of drug-likeness (QED) is 0.857. The third kappa shape index (κ3) is 2.79. The molecule has 0 unspecified atom stereocenters. The molecule has 1 aliphatic rings. The molecule has 102 valence electrons. The van der Waals surface area contributed by atoms with Gasteiger partial charge in [0.25, 0.3) is 0 Å². The minimum atomic E-state index is -0.822. The van der Waals surface area contributed by atoms with Crippen LogP contribution in [0, 0.1) is 0 Å². The standard InChI is InChI=1S/C14H12BCl2NO2/c16-13-4-1-9(5-14(13)17)7-18-11-3-2-10-8-20-15(19)12(10)6-11/h1-6,18-19H,7-8H2. The van der Waals surface area contributed by atoms with Gasteiger partial charge in [-0.3, -0.25) is 0 Å². The van der Waals surface area contributed by atoms with E-state index >= 15 is 0 Å². The first-order valence-electron chi connectivity index (χ1n) is 6.24. The number of anilines is 1. The van der Waals surface area contributed by atoms with E-state index < -0.39 is 7.12 Å². The summed E-state index contributed by atoms with van der Waals surface area (Å²) in [6, 6.07) is 11.4. The summed E-state index contributed by atoms with van der Waals surface area (Å²) in [4.78, 5) is 0. The van der Waals surface area contributed by atoms with Gasteiger partial charge in [-0.25, -0.2) is 0 Å². The van der Waals surface area contributed by atoms with Gasteiger partial charge in [0, 0.05) is 12.2 Å². The molecule has 6 heteroatoms. The molecule has 2 aromatic carbocycles. The summed E-state index contributed by atoms with van der Waals surface area (Å²) < 4.78 is 5.17. The molecule has 0 amide bonds. The summed E-state index contributed by atoms with van der Waals surface area (Å²) in [5.41, 5.74) is 3.82. The smallest absolute Gasteiger partial charge is 0.423 e. The fourth-order valence-electron chi connectivity index (χ4n) is 2.18. The van der Waals surface area contributed by atoms with Crippen molar-refractivity contribution in [3.8, 4) is 0 Å². The zero-order valence-electron chi connectivity index (χ0n) is 10.6. The predicted octanol–water partition coefficient (Wildman–Crippen LogP) is 2.82. The SMILES string of the molecule is OB1OCc2ccc(NCc3ccc(Cl)c(Cl)c3)cc21. The Balaban J connectivity index is 1.72. The summed E-state index contributed by atoms with van der Waals surface area (Å²) in [5.74, 6) is 0. The van der Waals surface area contributed by atoms with Crippen molar-refractivity contribution in [1.29, 1.82) is 0 Å². The molecule has 1 aliphatic heterocycles. The van der Waals surface area contributed by atoms with E-state index in [-0.39, 0.29) is 0 Å². The molecule has 0 aliphatic carbocycles. The Morgan fingerprint density at radius 1 is 1.15 bits per heavy atom. The molecule has 3 rings (SSSR count). The van der Waals surface area contributed by atoms with E-state index in [0.717, 1.165) is 22.3 Å². The van der Waals surface area contributed by atoms with E-state index in [1.807, 2.05) is 30.3 Å². The topological polar surface area (TPSA) is 41.5 Å². The highest BCUT2D eigenvalue weighted by atomic mass is 35.5. The molecule has 0 radical (unpaired) electrons. The minimum absolute atomic E-state index is 0.462. The summed E-state index contributed by atoms with van der Waals surface area (Å²) in [5, 5.41) is 14.1. The molecular formula is C14H12BCl2NO2. The van der Waals surface area contributed by atoms with Gasteiger partial charge in [-0.05, 0) is 40.9 Å². The maximum absolute atomic E-state index is 9.68. The predicted molar refractivity (Wildman–Crippen MR) is 82.6 cm³/mol. The number of halogens is 2.